The first-order chi connectivity index (χ1) is 7.16. The summed E-state index contributed by atoms with van der Waals surface area (Å²) >= 11 is 0. The zero-order chi connectivity index (χ0) is 11.3. The van der Waals surface area contributed by atoms with Crippen molar-refractivity contribution < 1.29 is 19.4 Å². The predicted molar refractivity (Wildman–Crippen MR) is 54.4 cm³/mol. The summed E-state index contributed by atoms with van der Waals surface area (Å²) in [5.41, 5.74) is -0.147. The van der Waals surface area contributed by atoms with Crippen LogP contribution in [0.15, 0.2) is 11.3 Å². The van der Waals surface area contributed by atoms with Gasteiger partial charge in [0.25, 0.3) is 0 Å². The van der Waals surface area contributed by atoms with Crippen LogP contribution in [0.2, 0.25) is 0 Å². The van der Waals surface area contributed by atoms with Crippen LogP contribution in [-0.4, -0.2) is 23.5 Å². The van der Waals surface area contributed by atoms with Crippen LogP contribution in [0.3, 0.4) is 0 Å². The van der Waals surface area contributed by atoms with Crippen molar-refractivity contribution in [3.63, 3.8) is 0 Å². The van der Waals surface area contributed by atoms with Crippen molar-refractivity contribution in [3.05, 3.63) is 11.3 Å². The van der Waals surface area contributed by atoms with Gasteiger partial charge in [-0.15, -0.1) is 0 Å². The molecule has 1 aliphatic heterocycles. The van der Waals surface area contributed by atoms with Crippen molar-refractivity contribution >= 4 is 11.8 Å². The van der Waals surface area contributed by atoms with Gasteiger partial charge in [0.15, 0.2) is 6.61 Å². The molecule has 1 N–H and O–H groups in total. The molecule has 0 atom stereocenters. The van der Waals surface area contributed by atoms with Gasteiger partial charge in [-0.1, -0.05) is 26.2 Å². The average Bonchev–Trinajstić information content (AvgIpc) is 2.53. The summed E-state index contributed by atoms with van der Waals surface area (Å²) in [6.45, 7) is 1.86. The van der Waals surface area contributed by atoms with Crippen molar-refractivity contribution in [2.24, 2.45) is 0 Å². The molecule has 1 heterocycles. The molecular formula is C11H16O4. The Hall–Kier alpha value is -1.32. The van der Waals surface area contributed by atoms with E-state index in [0.717, 1.165) is 25.7 Å². The summed E-state index contributed by atoms with van der Waals surface area (Å²) in [6, 6.07) is 0. The Morgan fingerprint density at radius 3 is 2.60 bits per heavy atom. The molecule has 0 radical (unpaired) electrons. The normalized spacial score (nSPS) is 19.3. The first-order valence-electron chi connectivity index (χ1n) is 5.29. The lowest BCUT2D eigenvalue weighted by Crippen LogP contribution is -2.05. The summed E-state index contributed by atoms with van der Waals surface area (Å²) in [5, 5.41) is 9.55. The third-order valence-corrected chi connectivity index (χ3v) is 2.37. The first kappa shape index (κ1) is 11.8. The molecule has 0 aromatic heterocycles. The van der Waals surface area contributed by atoms with E-state index in [0.29, 0.717) is 6.42 Å². The van der Waals surface area contributed by atoms with Gasteiger partial charge in [-0.25, -0.2) is 4.79 Å². The summed E-state index contributed by atoms with van der Waals surface area (Å²) in [7, 11) is 0. The maximum absolute atomic E-state index is 11.2. The second-order valence-corrected chi connectivity index (χ2v) is 3.63. The number of hydrogen-bond donors (Lipinski definition) is 1. The minimum atomic E-state index is -0.687. The Kier molecular flexibility index (Phi) is 4.34. The number of carbonyl (C=O) groups is 2. The smallest absolute Gasteiger partial charge is 0.345 e. The van der Waals surface area contributed by atoms with Crippen LogP contribution in [0.25, 0.3) is 0 Å². The van der Waals surface area contributed by atoms with Gasteiger partial charge in [0.1, 0.15) is 11.3 Å². The molecule has 0 aromatic rings. The van der Waals surface area contributed by atoms with Crippen molar-refractivity contribution in [1.29, 1.82) is 0 Å². The standard InChI is InChI=1S/C11H16O4/c1-2-3-4-5-6-8(12)10-9(13)7-15-11(10)14/h12H,2-7H2,1H3/b10-8+. The number of carbonyl (C=O) groups excluding carboxylic acids is 2. The second kappa shape index (κ2) is 5.53. The van der Waals surface area contributed by atoms with E-state index in [-0.39, 0.29) is 17.9 Å². The lowest BCUT2D eigenvalue weighted by atomic mass is 10.1. The molecule has 0 aliphatic carbocycles. The minimum Gasteiger partial charge on any atom is -0.511 e. The average molecular weight is 212 g/mol. The molecule has 0 spiro atoms. The van der Waals surface area contributed by atoms with Crippen molar-refractivity contribution in [1.82, 2.24) is 0 Å². The lowest BCUT2D eigenvalue weighted by molar-refractivity contribution is -0.135. The van der Waals surface area contributed by atoms with E-state index >= 15 is 0 Å². The van der Waals surface area contributed by atoms with Crippen LogP contribution in [0.5, 0.6) is 0 Å². The Morgan fingerprint density at radius 1 is 1.33 bits per heavy atom. The first-order valence-corrected chi connectivity index (χ1v) is 5.29. The van der Waals surface area contributed by atoms with Crippen LogP contribution in [0, 0.1) is 0 Å². The third kappa shape index (κ3) is 3.08. The number of Topliss-reactive ketones (excluding diaryl/α,β-unsaturated/α-hetero) is 1. The van der Waals surface area contributed by atoms with Crippen LogP contribution in [-0.2, 0) is 14.3 Å². The van der Waals surface area contributed by atoms with E-state index in [2.05, 4.69) is 11.7 Å². The Balaban J connectivity index is 2.49. The summed E-state index contributed by atoms with van der Waals surface area (Å²) in [5.74, 6) is -1.21. The van der Waals surface area contributed by atoms with E-state index in [1.807, 2.05) is 0 Å². The highest BCUT2D eigenvalue weighted by atomic mass is 16.5. The molecule has 15 heavy (non-hydrogen) atoms. The van der Waals surface area contributed by atoms with E-state index < -0.39 is 11.8 Å². The number of ether oxygens (including phenoxy) is 1. The molecule has 0 bridgehead atoms. The van der Waals surface area contributed by atoms with Crippen LogP contribution < -0.4 is 0 Å². The number of hydrogen-bond acceptors (Lipinski definition) is 4. The summed E-state index contributed by atoms with van der Waals surface area (Å²) in [4.78, 5) is 22.2. The molecule has 0 amide bonds. The van der Waals surface area contributed by atoms with Gasteiger partial charge in [0.2, 0.25) is 5.78 Å². The largest absolute Gasteiger partial charge is 0.511 e. The van der Waals surface area contributed by atoms with Crippen LogP contribution >= 0.6 is 0 Å². The van der Waals surface area contributed by atoms with Gasteiger partial charge in [0.05, 0.1) is 0 Å². The molecule has 1 fully saturated rings. The SMILES string of the molecule is CCCCCC/C(O)=C1/C(=O)COC1=O. The molecule has 0 saturated carbocycles. The zero-order valence-electron chi connectivity index (χ0n) is 8.91. The zero-order valence-corrected chi connectivity index (χ0v) is 8.91. The number of cyclic esters (lactones) is 1. The minimum absolute atomic E-state index is 0.112. The number of ketones is 1. The van der Waals surface area contributed by atoms with Gasteiger partial charge >= 0.3 is 5.97 Å². The van der Waals surface area contributed by atoms with E-state index in [1.54, 1.807) is 0 Å². The van der Waals surface area contributed by atoms with Gasteiger partial charge in [-0.3, -0.25) is 4.79 Å². The molecule has 4 nitrogen and oxygen atoms in total. The Labute approximate surface area is 88.9 Å². The molecule has 0 unspecified atom stereocenters. The highest BCUT2D eigenvalue weighted by molar-refractivity contribution is 6.22. The van der Waals surface area contributed by atoms with Crippen molar-refractivity contribution in [2.75, 3.05) is 6.61 Å². The van der Waals surface area contributed by atoms with Crippen molar-refractivity contribution in [3.8, 4) is 0 Å². The fraction of sp³-hybridized carbons (Fsp3) is 0.636. The fourth-order valence-corrected chi connectivity index (χ4v) is 1.51. The Morgan fingerprint density at radius 2 is 2.07 bits per heavy atom. The quantitative estimate of drug-likeness (QED) is 0.248. The lowest BCUT2D eigenvalue weighted by Gasteiger charge is -2.01. The van der Waals surface area contributed by atoms with Gasteiger partial charge < -0.3 is 9.84 Å². The monoisotopic (exact) mass is 212 g/mol. The highest BCUT2D eigenvalue weighted by Gasteiger charge is 2.31. The Bertz CT molecular complexity index is 273. The van der Waals surface area contributed by atoms with Crippen molar-refractivity contribution in [2.45, 2.75) is 39.0 Å². The predicted octanol–water partition coefficient (Wildman–Crippen LogP) is 1.89. The topological polar surface area (TPSA) is 63.6 Å². The molecule has 84 valence electrons. The van der Waals surface area contributed by atoms with Crippen LogP contribution in [0.1, 0.15) is 39.0 Å². The van der Waals surface area contributed by atoms with E-state index in [1.165, 1.54) is 0 Å². The molecule has 1 rings (SSSR count). The number of aliphatic hydroxyl groups is 1. The van der Waals surface area contributed by atoms with E-state index in [4.69, 9.17) is 0 Å². The number of rotatable bonds is 5. The summed E-state index contributed by atoms with van der Waals surface area (Å²) in [6.07, 6.45) is 4.39. The molecular weight excluding hydrogens is 196 g/mol. The fourth-order valence-electron chi connectivity index (χ4n) is 1.51. The van der Waals surface area contributed by atoms with Gasteiger partial charge in [-0.05, 0) is 6.42 Å². The van der Waals surface area contributed by atoms with Crippen LogP contribution in [0.4, 0.5) is 0 Å². The molecule has 4 heteroatoms. The molecule has 0 aromatic carbocycles. The number of esters is 1. The number of aliphatic hydroxyl groups excluding tert-OH is 1. The third-order valence-electron chi connectivity index (χ3n) is 2.37. The molecule has 1 aliphatic rings. The highest BCUT2D eigenvalue weighted by Crippen LogP contribution is 2.17. The number of unbranched alkanes of at least 4 members (excludes halogenated alkanes) is 3. The van der Waals surface area contributed by atoms with E-state index in [9.17, 15) is 14.7 Å². The maximum Gasteiger partial charge on any atom is 0.345 e. The molecule has 1 saturated heterocycles. The van der Waals surface area contributed by atoms with Gasteiger partial charge in [-0.2, -0.15) is 0 Å². The summed E-state index contributed by atoms with van der Waals surface area (Å²) < 4.78 is 4.52. The maximum atomic E-state index is 11.2. The van der Waals surface area contributed by atoms with Gasteiger partial charge in [0, 0.05) is 6.42 Å². The number of allylic oxidation sites excluding steroid dienone is 1. The second-order valence-electron chi connectivity index (χ2n) is 3.63.